The molecule has 4 heteroatoms. The molecule has 0 fully saturated rings. The van der Waals surface area contributed by atoms with E-state index in [1.165, 1.54) is 5.56 Å². The van der Waals surface area contributed by atoms with Crippen molar-refractivity contribution in [3.05, 3.63) is 29.3 Å². The zero-order valence-corrected chi connectivity index (χ0v) is 11.3. The van der Waals surface area contributed by atoms with Crippen LogP contribution in [0.4, 0.5) is 0 Å². The lowest BCUT2D eigenvalue weighted by atomic mass is 9.96. The van der Waals surface area contributed by atoms with Crippen molar-refractivity contribution in [2.75, 3.05) is 12.8 Å². The van der Waals surface area contributed by atoms with Crippen LogP contribution in [0.15, 0.2) is 23.1 Å². The quantitative estimate of drug-likeness (QED) is 0.879. The van der Waals surface area contributed by atoms with E-state index in [2.05, 4.69) is 19.2 Å². The van der Waals surface area contributed by atoms with E-state index in [0.29, 0.717) is 17.2 Å². The molecule has 1 unspecified atom stereocenters. The molecule has 0 bridgehead atoms. The molecule has 0 saturated carbocycles. The molecule has 17 heavy (non-hydrogen) atoms. The summed E-state index contributed by atoms with van der Waals surface area (Å²) in [6, 6.07) is 5.90. The van der Waals surface area contributed by atoms with E-state index < -0.39 is 9.84 Å². The largest absolute Gasteiger partial charge is 0.313 e. The lowest BCUT2D eigenvalue weighted by Gasteiger charge is -2.26. The van der Waals surface area contributed by atoms with Crippen LogP contribution >= 0.6 is 0 Å². The molecule has 0 aromatic heterocycles. The molecule has 1 aromatic carbocycles. The average molecular weight is 253 g/mol. The third-order valence-electron chi connectivity index (χ3n) is 3.43. The van der Waals surface area contributed by atoms with Gasteiger partial charge in [0.05, 0.1) is 10.6 Å². The Hall–Kier alpha value is -0.870. The molecule has 3 nitrogen and oxygen atoms in total. The lowest BCUT2D eigenvalue weighted by Crippen LogP contribution is -2.27. The van der Waals surface area contributed by atoms with E-state index in [1.807, 2.05) is 19.2 Å². The maximum absolute atomic E-state index is 12.0. The van der Waals surface area contributed by atoms with Gasteiger partial charge in [-0.2, -0.15) is 0 Å². The molecule has 1 heterocycles. The fraction of sp³-hybridized carbons (Fsp3) is 0.538. The van der Waals surface area contributed by atoms with E-state index in [9.17, 15) is 8.42 Å². The van der Waals surface area contributed by atoms with Gasteiger partial charge in [0.25, 0.3) is 0 Å². The molecular weight excluding hydrogens is 234 g/mol. The van der Waals surface area contributed by atoms with Gasteiger partial charge in [-0.05, 0) is 36.6 Å². The Morgan fingerprint density at radius 1 is 1.35 bits per heavy atom. The number of fused-ring (bicyclic) bond motifs is 1. The summed E-state index contributed by atoms with van der Waals surface area (Å²) in [5.41, 5.74) is 2.13. The first-order valence-electron chi connectivity index (χ1n) is 5.99. The van der Waals surface area contributed by atoms with Gasteiger partial charge in [-0.25, -0.2) is 8.42 Å². The maximum atomic E-state index is 12.0. The maximum Gasteiger partial charge on any atom is 0.178 e. The average Bonchev–Trinajstić information content (AvgIpc) is 2.28. The highest BCUT2D eigenvalue weighted by molar-refractivity contribution is 7.91. The Bertz CT molecular complexity index is 520. The fourth-order valence-electron chi connectivity index (χ4n) is 2.32. The number of hydrogen-bond acceptors (Lipinski definition) is 3. The minimum Gasteiger partial charge on any atom is -0.313 e. The van der Waals surface area contributed by atoms with E-state index in [1.54, 1.807) is 6.07 Å². The third kappa shape index (κ3) is 2.24. The molecule has 1 aromatic rings. The standard InChI is InChI=1S/C13H19NO2S/c1-9(2)10-4-5-13-11(8-10)12(14-3)6-7-17(13,15)16/h4-5,8-9,12,14H,6-7H2,1-3H3. The minimum absolute atomic E-state index is 0.159. The Morgan fingerprint density at radius 2 is 2.06 bits per heavy atom. The van der Waals surface area contributed by atoms with Crippen molar-refractivity contribution in [2.45, 2.75) is 37.1 Å². The number of rotatable bonds is 2. The second kappa shape index (κ2) is 4.42. The molecule has 0 aliphatic carbocycles. The van der Waals surface area contributed by atoms with Crippen LogP contribution in [0.1, 0.15) is 43.4 Å². The van der Waals surface area contributed by atoms with Crippen LogP contribution in [0.2, 0.25) is 0 Å². The fourth-order valence-corrected chi connectivity index (χ4v) is 3.92. The first-order valence-corrected chi connectivity index (χ1v) is 7.65. The van der Waals surface area contributed by atoms with Gasteiger partial charge >= 0.3 is 0 Å². The van der Waals surface area contributed by atoms with Crippen molar-refractivity contribution >= 4 is 9.84 Å². The predicted molar refractivity (Wildman–Crippen MR) is 69.0 cm³/mol. The van der Waals surface area contributed by atoms with Crippen molar-refractivity contribution in [1.29, 1.82) is 0 Å². The molecule has 1 atom stereocenters. The van der Waals surface area contributed by atoms with Crippen molar-refractivity contribution in [3.8, 4) is 0 Å². The van der Waals surface area contributed by atoms with Crippen LogP contribution in [0.3, 0.4) is 0 Å². The van der Waals surface area contributed by atoms with Crippen molar-refractivity contribution in [3.63, 3.8) is 0 Å². The molecule has 0 amide bonds. The van der Waals surface area contributed by atoms with Crippen molar-refractivity contribution in [2.24, 2.45) is 0 Å². The summed E-state index contributed by atoms with van der Waals surface area (Å²) in [4.78, 5) is 0.507. The zero-order chi connectivity index (χ0) is 12.6. The van der Waals surface area contributed by atoms with Crippen LogP contribution in [-0.4, -0.2) is 21.2 Å². The van der Waals surface area contributed by atoms with E-state index >= 15 is 0 Å². The number of hydrogen-bond donors (Lipinski definition) is 1. The molecular formula is C13H19NO2S. The summed E-state index contributed by atoms with van der Waals surface area (Å²) in [6.45, 7) is 4.24. The van der Waals surface area contributed by atoms with E-state index in [4.69, 9.17) is 0 Å². The van der Waals surface area contributed by atoms with Gasteiger partial charge in [-0.1, -0.05) is 26.0 Å². The molecule has 1 aliphatic heterocycles. The smallest absolute Gasteiger partial charge is 0.178 e. The van der Waals surface area contributed by atoms with Crippen LogP contribution in [0, 0.1) is 0 Å². The zero-order valence-electron chi connectivity index (χ0n) is 10.5. The summed E-state index contributed by atoms with van der Waals surface area (Å²) >= 11 is 0. The Morgan fingerprint density at radius 3 is 2.65 bits per heavy atom. The summed E-state index contributed by atoms with van der Waals surface area (Å²) in [5, 5.41) is 3.20. The number of nitrogens with one attached hydrogen (secondary N) is 1. The normalized spacial score (nSPS) is 22.5. The Balaban J connectivity index is 2.59. The topological polar surface area (TPSA) is 46.2 Å². The highest BCUT2D eigenvalue weighted by atomic mass is 32.2. The molecule has 2 rings (SSSR count). The van der Waals surface area contributed by atoms with Crippen molar-refractivity contribution in [1.82, 2.24) is 5.32 Å². The van der Waals surface area contributed by atoms with Crippen molar-refractivity contribution < 1.29 is 8.42 Å². The van der Waals surface area contributed by atoms with Crippen LogP contribution in [0.25, 0.3) is 0 Å². The van der Waals surface area contributed by atoms with E-state index in [0.717, 1.165) is 5.56 Å². The predicted octanol–water partition coefficient (Wildman–Crippen LogP) is 2.25. The van der Waals surface area contributed by atoms with Gasteiger partial charge in [0.2, 0.25) is 0 Å². The van der Waals surface area contributed by atoms with Gasteiger partial charge in [-0.15, -0.1) is 0 Å². The third-order valence-corrected chi connectivity index (χ3v) is 5.25. The van der Waals surface area contributed by atoms with Gasteiger partial charge < -0.3 is 5.32 Å². The lowest BCUT2D eigenvalue weighted by molar-refractivity contribution is 0.528. The van der Waals surface area contributed by atoms with Gasteiger partial charge in [0.15, 0.2) is 9.84 Å². The minimum atomic E-state index is -3.07. The van der Waals surface area contributed by atoms with Gasteiger partial charge in [0, 0.05) is 6.04 Å². The number of benzene rings is 1. The first-order chi connectivity index (χ1) is 7.95. The van der Waals surface area contributed by atoms with Crippen LogP contribution < -0.4 is 5.32 Å². The number of sulfone groups is 1. The highest BCUT2D eigenvalue weighted by Crippen LogP contribution is 2.33. The first kappa shape index (κ1) is 12.6. The van der Waals surface area contributed by atoms with Gasteiger partial charge in [-0.3, -0.25) is 0 Å². The monoisotopic (exact) mass is 253 g/mol. The van der Waals surface area contributed by atoms with E-state index in [-0.39, 0.29) is 11.8 Å². The van der Waals surface area contributed by atoms with Gasteiger partial charge in [0.1, 0.15) is 0 Å². The second-order valence-electron chi connectivity index (χ2n) is 4.90. The summed E-state index contributed by atoms with van der Waals surface area (Å²) < 4.78 is 24.0. The molecule has 1 aliphatic rings. The summed E-state index contributed by atoms with van der Waals surface area (Å²) in [6.07, 6.45) is 0.660. The molecule has 1 N–H and O–H groups in total. The highest BCUT2D eigenvalue weighted by Gasteiger charge is 2.29. The SMILES string of the molecule is CNC1CCS(=O)(=O)c2ccc(C(C)C)cc21. The second-order valence-corrected chi connectivity index (χ2v) is 6.98. The molecule has 94 valence electrons. The molecule has 0 saturated heterocycles. The summed E-state index contributed by atoms with van der Waals surface area (Å²) in [5.74, 6) is 0.662. The molecule has 0 spiro atoms. The van der Waals surface area contributed by atoms with Crippen LogP contribution in [-0.2, 0) is 9.84 Å². The molecule has 0 radical (unpaired) electrons. The van der Waals surface area contributed by atoms with Crippen LogP contribution in [0.5, 0.6) is 0 Å². The summed E-state index contributed by atoms with van der Waals surface area (Å²) in [7, 11) is -1.18. The Labute approximate surface area is 103 Å². The Kier molecular flexibility index (Phi) is 3.27.